The van der Waals surface area contributed by atoms with Crippen molar-refractivity contribution in [1.29, 1.82) is 0 Å². The molecule has 0 fully saturated rings. The lowest BCUT2D eigenvalue weighted by atomic mass is 10.4. The van der Waals surface area contributed by atoms with Crippen LogP contribution in [-0.2, 0) is 20.1 Å². The number of nitrogens with zero attached hydrogens (tertiary/aromatic N) is 3. The van der Waals surface area contributed by atoms with Crippen LogP contribution in [0.4, 0.5) is 5.69 Å². The van der Waals surface area contributed by atoms with Gasteiger partial charge in [0, 0.05) is 24.2 Å². The van der Waals surface area contributed by atoms with Gasteiger partial charge in [-0.25, -0.2) is 0 Å². The highest BCUT2D eigenvalue weighted by Gasteiger charge is 2.02. The van der Waals surface area contributed by atoms with Crippen LogP contribution in [0.25, 0.3) is 0 Å². The van der Waals surface area contributed by atoms with Crippen LogP contribution in [-0.4, -0.2) is 14.8 Å². The van der Waals surface area contributed by atoms with Gasteiger partial charge in [-0.15, -0.1) is 21.5 Å². The van der Waals surface area contributed by atoms with Gasteiger partial charge in [-0.2, -0.15) is 0 Å². The van der Waals surface area contributed by atoms with Crippen LogP contribution < -0.4 is 11.1 Å². The molecule has 0 bridgehead atoms. The van der Waals surface area contributed by atoms with Gasteiger partial charge in [-0.05, 0) is 11.4 Å². The van der Waals surface area contributed by atoms with Crippen molar-refractivity contribution < 1.29 is 0 Å². The zero-order chi connectivity index (χ0) is 10.7. The van der Waals surface area contributed by atoms with Crippen molar-refractivity contribution in [3.63, 3.8) is 0 Å². The lowest BCUT2D eigenvalue weighted by Gasteiger charge is -2.03. The van der Waals surface area contributed by atoms with Crippen LogP contribution in [0.1, 0.15) is 10.7 Å². The number of thiophene rings is 1. The highest BCUT2D eigenvalue weighted by molar-refractivity contribution is 7.10. The van der Waals surface area contributed by atoms with Crippen LogP contribution in [0.3, 0.4) is 0 Å². The highest BCUT2D eigenvalue weighted by atomic mass is 32.1. The predicted octanol–water partition coefficient (Wildman–Crippen LogP) is 0.749. The molecule has 6 heteroatoms. The summed E-state index contributed by atoms with van der Waals surface area (Å²) < 4.78 is 1.89. The summed E-state index contributed by atoms with van der Waals surface area (Å²) in [7, 11) is 1.93. The molecular weight excluding hydrogens is 210 g/mol. The van der Waals surface area contributed by atoms with Gasteiger partial charge in [0.1, 0.15) is 12.2 Å². The summed E-state index contributed by atoms with van der Waals surface area (Å²) in [5.41, 5.74) is 6.62. The molecule has 80 valence electrons. The zero-order valence-electron chi connectivity index (χ0n) is 8.47. The smallest absolute Gasteiger partial charge is 0.146 e. The third kappa shape index (κ3) is 2.34. The van der Waals surface area contributed by atoms with Gasteiger partial charge < -0.3 is 15.6 Å². The number of aromatic nitrogens is 3. The second kappa shape index (κ2) is 4.41. The van der Waals surface area contributed by atoms with Gasteiger partial charge in [0.2, 0.25) is 0 Å². The number of anilines is 1. The zero-order valence-corrected chi connectivity index (χ0v) is 9.29. The molecule has 3 N–H and O–H groups in total. The minimum atomic E-state index is 0.702. The fourth-order valence-electron chi connectivity index (χ4n) is 1.25. The second-order valence-electron chi connectivity index (χ2n) is 3.26. The Labute approximate surface area is 91.9 Å². The van der Waals surface area contributed by atoms with Crippen LogP contribution in [0.2, 0.25) is 0 Å². The summed E-state index contributed by atoms with van der Waals surface area (Å²) in [6.07, 6.45) is 1.69. The Morgan fingerprint density at radius 3 is 3.00 bits per heavy atom. The fraction of sp³-hybridized carbons (Fsp3) is 0.333. The van der Waals surface area contributed by atoms with Crippen molar-refractivity contribution in [3.05, 3.63) is 28.5 Å². The molecular formula is C9H13N5S. The molecule has 0 amide bonds. The van der Waals surface area contributed by atoms with Crippen molar-refractivity contribution in [2.75, 3.05) is 5.73 Å². The molecule has 0 aromatic carbocycles. The van der Waals surface area contributed by atoms with Crippen molar-refractivity contribution in [3.8, 4) is 0 Å². The van der Waals surface area contributed by atoms with E-state index in [-0.39, 0.29) is 0 Å². The number of nitrogens with two attached hydrogens (primary N) is 1. The first-order valence-corrected chi connectivity index (χ1v) is 5.51. The van der Waals surface area contributed by atoms with Crippen molar-refractivity contribution in [2.45, 2.75) is 13.1 Å². The Bertz CT molecular complexity index is 393. The third-order valence-electron chi connectivity index (χ3n) is 2.15. The van der Waals surface area contributed by atoms with Gasteiger partial charge in [0.25, 0.3) is 0 Å². The fourth-order valence-corrected chi connectivity index (χ4v) is 2.02. The van der Waals surface area contributed by atoms with Crippen LogP contribution in [0, 0.1) is 0 Å². The number of aryl methyl sites for hydroxylation is 1. The molecule has 0 aliphatic carbocycles. The third-order valence-corrected chi connectivity index (χ3v) is 3.09. The van der Waals surface area contributed by atoms with E-state index < -0.39 is 0 Å². The predicted molar refractivity (Wildman–Crippen MR) is 60.3 cm³/mol. The highest BCUT2D eigenvalue weighted by Crippen LogP contribution is 2.18. The average molecular weight is 223 g/mol. The molecule has 2 aromatic rings. The van der Waals surface area contributed by atoms with E-state index >= 15 is 0 Å². The summed E-state index contributed by atoms with van der Waals surface area (Å²) in [5, 5.41) is 13.1. The van der Waals surface area contributed by atoms with Crippen molar-refractivity contribution in [1.82, 2.24) is 20.1 Å². The quantitative estimate of drug-likeness (QED) is 0.802. The summed E-state index contributed by atoms with van der Waals surface area (Å²) in [5.74, 6) is 0.921. The molecule has 0 saturated heterocycles. The molecule has 2 aromatic heterocycles. The normalized spacial score (nSPS) is 10.7. The topological polar surface area (TPSA) is 68.8 Å². The Hall–Kier alpha value is -1.40. The molecule has 2 rings (SSSR count). The Balaban J connectivity index is 1.86. The monoisotopic (exact) mass is 223 g/mol. The standard InChI is InChI=1S/C9H13N5S/c1-14-6-12-13-9(14)5-11-4-8-7(10)2-3-15-8/h2-3,6,11H,4-5,10H2,1H3. The van der Waals surface area contributed by atoms with Gasteiger partial charge in [0.15, 0.2) is 0 Å². The molecule has 0 atom stereocenters. The van der Waals surface area contributed by atoms with E-state index in [1.807, 2.05) is 23.1 Å². The number of nitrogens with one attached hydrogen (secondary N) is 1. The number of rotatable bonds is 4. The molecule has 5 nitrogen and oxygen atoms in total. The lowest BCUT2D eigenvalue weighted by Crippen LogP contribution is -2.15. The lowest BCUT2D eigenvalue weighted by molar-refractivity contribution is 0.642. The van der Waals surface area contributed by atoms with Crippen molar-refractivity contribution >= 4 is 17.0 Å². The minimum Gasteiger partial charge on any atom is -0.398 e. The summed E-state index contributed by atoms with van der Waals surface area (Å²) in [4.78, 5) is 1.16. The maximum Gasteiger partial charge on any atom is 0.146 e. The Morgan fingerprint density at radius 2 is 2.40 bits per heavy atom. The van der Waals surface area contributed by atoms with Gasteiger partial charge in [-0.3, -0.25) is 0 Å². The number of nitrogen functional groups attached to an aromatic ring is 1. The first-order chi connectivity index (χ1) is 7.27. The maximum absolute atomic E-state index is 5.77. The summed E-state index contributed by atoms with van der Waals surface area (Å²) >= 11 is 1.66. The number of hydrogen-bond donors (Lipinski definition) is 2. The molecule has 0 saturated carbocycles. The molecule has 15 heavy (non-hydrogen) atoms. The van der Waals surface area contributed by atoms with Crippen LogP contribution >= 0.6 is 11.3 Å². The van der Waals surface area contributed by atoms with E-state index in [0.29, 0.717) is 6.54 Å². The van der Waals surface area contributed by atoms with E-state index in [1.165, 1.54) is 0 Å². The summed E-state index contributed by atoms with van der Waals surface area (Å²) in [6.45, 7) is 1.48. The molecule has 0 radical (unpaired) electrons. The van der Waals surface area contributed by atoms with E-state index in [9.17, 15) is 0 Å². The van der Waals surface area contributed by atoms with Gasteiger partial charge in [-0.1, -0.05) is 0 Å². The van der Waals surface area contributed by atoms with Crippen LogP contribution in [0.5, 0.6) is 0 Å². The Kier molecular flexibility index (Phi) is 2.98. The number of hydrogen-bond acceptors (Lipinski definition) is 5. The molecule has 0 aliphatic heterocycles. The summed E-state index contributed by atoms with van der Waals surface area (Å²) in [6, 6.07) is 1.92. The Morgan fingerprint density at radius 1 is 1.53 bits per heavy atom. The second-order valence-corrected chi connectivity index (χ2v) is 4.26. The SMILES string of the molecule is Cn1cnnc1CNCc1sccc1N. The first-order valence-electron chi connectivity index (χ1n) is 4.63. The molecule has 2 heterocycles. The largest absolute Gasteiger partial charge is 0.398 e. The average Bonchev–Trinajstić information content (AvgIpc) is 2.78. The molecule has 0 aliphatic rings. The molecule has 0 unspecified atom stereocenters. The first kappa shape index (κ1) is 10.1. The van der Waals surface area contributed by atoms with E-state index in [4.69, 9.17) is 5.73 Å². The molecule has 0 spiro atoms. The van der Waals surface area contributed by atoms with Crippen LogP contribution in [0.15, 0.2) is 17.8 Å². The van der Waals surface area contributed by atoms with E-state index in [2.05, 4.69) is 15.5 Å². The van der Waals surface area contributed by atoms with Gasteiger partial charge >= 0.3 is 0 Å². The van der Waals surface area contributed by atoms with E-state index in [0.717, 1.165) is 22.9 Å². The maximum atomic E-state index is 5.77. The minimum absolute atomic E-state index is 0.702. The van der Waals surface area contributed by atoms with Crippen molar-refractivity contribution in [2.24, 2.45) is 7.05 Å². The van der Waals surface area contributed by atoms with E-state index in [1.54, 1.807) is 17.7 Å². The van der Waals surface area contributed by atoms with Gasteiger partial charge in [0.05, 0.1) is 6.54 Å².